The number of hydrogen-bond acceptors (Lipinski definition) is 3. The molecule has 2 heterocycles. The van der Waals surface area contributed by atoms with Gasteiger partial charge < -0.3 is 15.0 Å². The van der Waals surface area contributed by atoms with Crippen LogP contribution < -0.4 is 5.32 Å². The van der Waals surface area contributed by atoms with E-state index in [4.69, 9.17) is 0 Å². The van der Waals surface area contributed by atoms with Crippen LogP contribution in [0.4, 0.5) is 0 Å². The molecule has 2 aliphatic rings. The predicted octanol–water partition coefficient (Wildman–Crippen LogP) is 0.627. The van der Waals surface area contributed by atoms with Crippen LogP contribution in [0, 0.1) is 11.8 Å². The van der Waals surface area contributed by atoms with Crippen molar-refractivity contribution in [3.05, 3.63) is 18.2 Å². The molecule has 1 aromatic heterocycles. The van der Waals surface area contributed by atoms with Crippen molar-refractivity contribution < 1.29 is 5.11 Å². The smallest absolute Gasteiger partial charge is 0.140 e. The highest BCUT2D eigenvalue weighted by molar-refractivity contribution is 5.12. The van der Waals surface area contributed by atoms with E-state index < -0.39 is 5.60 Å². The number of nitrogens with zero attached hydrogens (tertiary/aromatic N) is 2. The van der Waals surface area contributed by atoms with Gasteiger partial charge in [-0.3, -0.25) is 0 Å². The van der Waals surface area contributed by atoms with E-state index in [1.807, 2.05) is 17.8 Å². The number of nitrogens with one attached hydrogen (secondary N) is 1. The van der Waals surface area contributed by atoms with Crippen molar-refractivity contribution in [2.45, 2.75) is 24.9 Å². The third-order valence-corrected chi connectivity index (χ3v) is 4.29. The van der Waals surface area contributed by atoms with Crippen molar-refractivity contribution in [1.82, 2.24) is 14.9 Å². The normalized spacial score (nSPS) is 38.6. The number of hydrogen-bond donors (Lipinski definition) is 2. The van der Waals surface area contributed by atoms with E-state index >= 15 is 0 Å². The van der Waals surface area contributed by atoms with Crippen LogP contribution in [0.3, 0.4) is 0 Å². The van der Waals surface area contributed by atoms with Crippen LogP contribution in [0.15, 0.2) is 12.4 Å². The maximum absolute atomic E-state index is 11.0. The molecule has 0 amide bonds. The van der Waals surface area contributed by atoms with Gasteiger partial charge in [0.1, 0.15) is 11.4 Å². The summed E-state index contributed by atoms with van der Waals surface area (Å²) in [5.41, 5.74) is -0.718. The molecule has 88 valence electrons. The first-order valence-electron chi connectivity index (χ1n) is 6.13. The first kappa shape index (κ1) is 10.3. The van der Waals surface area contributed by atoms with Gasteiger partial charge in [-0.15, -0.1) is 0 Å². The number of aromatic nitrogens is 2. The summed E-state index contributed by atoms with van der Waals surface area (Å²) < 4.78 is 1.96. The van der Waals surface area contributed by atoms with Gasteiger partial charge in [-0.25, -0.2) is 4.98 Å². The van der Waals surface area contributed by atoms with Gasteiger partial charge in [-0.2, -0.15) is 0 Å². The fraction of sp³-hybridized carbons (Fsp3) is 0.750. The molecule has 1 aromatic rings. The van der Waals surface area contributed by atoms with Crippen molar-refractivity contribution in [3.63, 3.8) is 0 Å². The van der Waals surface area contributed by atoms with Crippen molar-refractivity contribution in [3.8, 4) is 0 Å². The number of aliphatic hydroxyl groups is 1. The Hall–Kier alpha value is -0.870. The van der Waals surface area contributed by atoms with E-state index in [1.165, 1.54) is 6.42 Å². The Morgan fingerprint density at radius 2 is 2.44 bits per heavy atom. The molecule has 0 spiro atoms. The molecule has 0 unspecified atom stereocenters. The highest BCUT2D eigenvalue weighted by atomic mass is 16.3. The summed E-state index contributed by atoms with van der Waals surface area (Å²) in [4.78, 5) is 4.36. The third-order valence-electron chi connectivity index (χ3n) is 4.29. The maximum atomic E-state index is 11.0. The minimum absolute atomic E-state index is 0.336. The second-order valence-corrected chi connectivity index (χ2v) is 5.20. The Morgan fingerprint density at radius 1 is 1.56 bits per heavy atom. The first-order valence-corrected chi connectivity index (χ1v) is 6.13. The van der Waals surface area contributed by atoms with E-state index in [2.05, 4.69) is 10.3 Å². The van der Waals surface area contributed by atoms with Crippen LogP contribution >= 0.6 is 0 Å². The van der Waals surface area contributed by atoms with Crippen LogP contribution in [-0.2, 0) is 12.6 Å². The molecule has 1 aliphatic carbocycles. The molecule has 2 N–H and O–H groups in total. The van der Waals surface area contributed by atoms with Gasteiger partial charge in [0.15, 0.2) is 0 Å². The fourth-order valence-electron chi connectivity index (χ4n) is 3.47. The summed E-state index contributed by atoms with van der Waals surface area (Å²) in [6, 6.07) is 0. The zero-order valence-electron chi connectivity index (χ0n) is 9.69. The van der Waals surface area contributed by atoms with Crippen molar-refractivity contribution in [1.29, 1.82) is 0 Å². The molecule has 0 radical (unpaired) electrons. The molecule has 4 heteroatoms. The van der Waals surface area contributed by atoms with Gasteiger partial charge in [0, 0.05) is 31.9 Å². The molecular weight excluding hydrogens is 202 g/mol. The quantitative estimate of drug-likeness (QED) is 0.731. The first-order chi connectivity index (χ1) is 7.72. The third kappa shape index (κ3) is 1.33. The summed E-state index contributed by atoms with van der Waals surface area (Å²) >= 11 is 0. The van der Waals surface area contributed by atoms with Crippen LogP contribution in [0.2, 0.25) is 0 Å². The lowest BCUT2D eigenvalue weighted by atomic mass is 9.70. The minimum Gasteiger partial charge on any atom is -0.382 e. The van der Waals surface area contributed by atoms with Gasteiger partial charge in [-0.05, 0) is 31.7 Å². The largest absolute Gasteiger partial charge is 0.382 e. The summed E-state index contributed by atoms with van der Waals surface area (Å²) in [5, 5.41) is 14.4. The highest BCUT2D eigenvalue weighted by Crippen LogP contribution is 2.45. The lowest BCUT2D eigenvalue weighted by Gasteiger charge is -2.40. The van der Waals surface area contributed by atoms with Gasteiger partial charge in [0.25, 0.3) is 0 Å². The number of rotatable bonds is 1. The lowest BCUT2D eigenvalue weighted by Crippen LogP contribution is -2.44. The lowest BCUT2D eigenvalue weighted by molar-refractivity contribution is -0.0722. The van der Waals surface area contributed by atoms with Crippen LogP contribution in [0.25, 0.3) is 0 Å². The van der Waals surface area contributed by atoms with Gasteiger partial charge >= 0.3 is 0 Å². The average molecular weight is 221 g/mol. The van der Waals surface area contributed by atoms with Crippen LogP contribution in [-0.4, -0.2) is 27.7 Å². The number of imidazole rings is 1. The van der Waals surface area contributed by atoms with E-state index in [0.717, 1.165) is 31.8 Å². The SMILES string of the molecule is Cn1ccnc1[C@]1(O)CCC[C@H]2CNC[C@H]21. The Balaban J connectivity index is 1.99. The molecule has 0 aromatic carbocycles. The Bertz CT molecular complexity index is 389. The Labute approximate surface area is 95.7 Å². The Morgan fingerprint density at radius 3 is 3.19 bits per heavy atom. The molecule has 3 atom stereocenters. The summed E-state index contributed by atoms with van der Waals surface area (Å²) in [6.07, 6.45) is 6.88. The minimum atomic E-state index is -0.718. The van der Waals surface area contributed by atoms with E-state index in [9.17, 15) is 5.11 Å². The number of fused-ring (bicyclic) bond motifs is 1. The molecular formula is C12H19N3O. The molecule has 1 aliphatic heterocycles. The zero-order chi connectivity index (χ0) is 11.2. The second-order valence-electron chi connectivity index (χ2n) is 5.20. The standard InChI is InChI=1S/C12H19N3O/c1-15-6-5-14-11(15)12(16)4-2-3-9-7-13-8-10(9)12/h5-6,9-10,13,16H,2-4,7-8H2,1H3/t9-,10+,12-/m0/s1. The molecule has 1 saturated carbocycles. The molecule has 3 rings (SSSR count). The van der Waals surface area contributed by atoms with Gasteiger partial charge in [-0.1, -0.05) is 0 Å². The van der Waals surface area contributed by atoms with Crippen molar-refractivity contribution in [2.24, 2.45) is 18.9 Å². The highest BCUT2D eigenvalue weighted by Gasteiger charge is 2.49. The van der Waals surface area contributed by atoms with Crippen LogP contribution in [0.1, 0.15) is 25.1 Å². The van der Waals surface area contributed by atoms with E-state index in [1.54, 1.807) is 6.20 Å². The van der Waals surface area contributed by atoms with Gasteiger partial charge in [0.05, 0.1) is 0 Å². The van der Waals surface area contributed by atoms with E-state index in [0.29, 0.717) is 11.8 Å². The number of aryl methyl sites for hydroxylation is 1. The average Bonchev–Trinajstić information content (AvgIpc) is 2.86. The van der Waals surface area contributed by atoms with E-state index in [-0.39, 0.29) is 0 Å². The summed E-state index contributed by atoms with van der Waals surface area (Å²) in [7, 11) is 1.96. The second kappa shape index (κ2) is 3.57. The zero-order valence-corrected chi connectivity index (χ0v) is 9.69. The summed E-state index contributed by atoms with van der Waals surface area (Å²) in [6.45, 7) is 1.98. The van der Waals surface area contributed by atoms with Crippen molar-refractivity contribution in [2.75, 3.05) is 13.1 Å². The molecule has 4 nitrogen and oxygen atoms in total. The monoisotopic (exact) mass is 221 g/mol. The fourth-order valence-corrected chi connectivity index (χ4v) is 3.47. The van der Waals surface area contributed by atoms with Gasteiger partial charge in [0.2, 0.25) is 0 Å². The molecule has 2 fully saturated rings. The Kier molecular flexibility index (Phi) is 2.30. The molecule has 0 bridgehead atoms. The molecule has 16 heavy (non-hydrogen) atoms. The van der Waals surface area contributed by atoms with Crippen LogP contribution in [0.5, 0.6) is 0 Å². The van der Waals surface area contributed by atoms with Crippen molar-refractivity contribution >= 4 is 0 Å². The predicted molar refractivity (Wildman–Crippen MR) is 60.8 cm³/mol. The maximum Gasteiger partial charge on any atom is 0.140 e. The topological polar surface area (TPSA) is 50.1 Å². The summed E-state index contributed by atoms with van der Waals surface area (Å²) in [5.74, 6) is 1.80. The molecule has 1 saturated heterocycles.